The maximum atomic E-state index is 12.3. The predicted octanol–water partition coefficient (Wildman–Crippen LogP) is 0.280. The van der Waals surface area contributed by atoms with Crippen LogP contribution in [0, 0.1) is 17.8 Å². The van der Waals surface area contributed by atoms with Crippen LogP contribution in [-0.4, -0.2) is 32.8 Å². The van der Waals surface area contributed by atoms with E-state index in [2.05, 4.69) is 10.4 Å². The molecule has 2 bridgehead atoms. The summed E-state index contributed by atoms with van der Waals surface area (Å²) < 4.78 is 1.28. The average molecular weight is 278 g/mol. The maximum Gasteiger partial charge on any atom is 0.325 e. The number of hydrogen-bond acceptors (Lipinski definition) is 4. The molecule has 2 aliphatic rings. The summed E-state index contributed by atoms with van der Waals surface area (Å²) in [6.45, 7) is -0.219. The number of aliphatic carboxylic acids is 1. The molecule has 2 aliphatic carbocycles. The number of carbonyl (C=O) groups excluding carboxylic acids is 1. The van der Waals surface area contributed by atoms with E-state index in [0.29, 0.717) is 17.5 Å². The first-order valence-corrected chi connectivity index (χ1v) is 6.85. The van der Waals surface area contributed by atoms with Crippen LogP contribution in [0.2, 0.25) is 0 Å². The van der Waals surface area contributed by atoms with Gasteiger partial charge in [-0.05, 0) is 31.1 Å². The van der Waals surface area contributed by atoms with Crippen LogP contribution < -0.4 is 11.1 Å². The zero-order valence-corrected chi connectivity index (χ0v) is 11.0. The first kappa shape index (κ1) is 13.1. The Morgan fingerprint density at radius 1 is 1.45 bits per heavy atom. The molecule has 3 rings (SSSR count). The van der Waals surface area contributed by atoms with Crippen molar-refractivity contribution in [2.24, 2.45) is 23.5 Å². The van der Waals surface area contributed by atoms with Crippen molar-refractivity contribution in [3.63, 3.8) is 0 Å². The van der Waals surface area contributed by atoms with E-state index in [1.807, 2.05) is 0 Å². The molecule has 4 atom stereocenters. The third-order valence-corrected chi connectivity index (χ3v) is 4.48. The second-order valence-corrected chi connectivity index (χ2v) is 5.75. The highest BCUT2D eigenvalue weighted by molar-refractivity contribution is 5.93. The number of nitrogens with one attached hydrogen (secondary N) is 1. The Hall–Kier alpha value is -1.89. The van der Waals surface area contributed by atoms with Crippen molar-refractivity contribution in [1.82, 2.24) is 9.78 Å². The van der Waals surface area contributed by atoms with Crippen LogP contribution in [0.3, 0.4) is 0 Å². The zero-order valence-electron chi connectivity index (χ0n) is 11.0. The topological polar surface area (TPSA) is 110 Å². The quantitative estimate of drug-likeness (QED) is 0.732. The van der Waals surface area contributed by atoms with Crippen LogP contribution in [0.25, 0.3) is 0 Å². The number of carbonyl (C=O) groups is 2. The Morgan fingerprint density at radius 3 is 2.85 bits per heavy atom. The van der Waals surface area contributed by atoms with Crippen molar-refractivity contribution < 1.29 is 14.7 Å². The Labute approximate surface area is 116 Å². The molecule has 0 spiro atoms. The van der Waals surface area contributed by atoms with Gasteiger partial charge in [0.2, 0.25) is 5.91 Å². The number of carboxylic acid groups (broad SMARTS) is 1. The van der Waals surface area contributed by atoms with Crippen LogP contribution in [-0.2, 0) is 16.1 Å². The van der Waals surface area contributed by atoms with Crippen molar-refractivity contribution in [3.8, 4) is 0 Å². The van der Waals surface area contributed by atoms with E-state index in [4.69, 9.17) is 10.8 Å². The third kappa shape index (κ3) is 2.29. The average Bonchev–Trinajstić information content (AvgIpc) is 3.04. The van der Waals surface area contributed by atoms with Crippen LogP contribution >= 0.6 is 0 Å². The van der Waals surface area contributed by atoms with E-state index in [-0.39, 0.29) is 24.4 Å². The van der Waals surface area contributed by atoms with Gasteiger partial charge in [-0.1, -0.05) is 0 Å². The number of carboxylic acids is 1. The first-order valence-electron chi connectivity index (χ1n) is 6.85. The van der Waals surface area contributed by atoms with Crippen molar-refractivity contribution >= 4 is 17.6 Å². The molecule has 108 valence electrons. The molecule has 7 heteroatoms. The van der Waals surface area contributed by atoms with E-state index < -0.39 is 5.97 Å². The van der Waals surface area contributed by atoms with Gasteiger partial charge < -0.3 is 16.2 Å². The van der Waals surface area contributed by atoms with Crippen molar-refractivity contribution in [1.29, 1.82) is 0 Å². The Kier molecular flexibility index (Phi) is 3.21. The van der Waals surface area contributed by atoms with Gasteiger partial charge in [0.15, 0.2) is 0 Å². The molecule has 4 N–H and O–H groups in total. The number of aromatic nitrogens is 2. The molecule has 20 heavy (non-hydrogen) atoms. The summed E-state index contributed by atoms with van der Waals surface area (Å²) in [5.74, 6) is -0.299. The summed E-state index contributed by atoms with van der Waals surface area (Å²) in [5, 5.41) is 15.4. The maximum absolute atomic E-state index is 12.3. The summed E-state index contributed by atoms with van der Waals surface area (Å²) in [6, 6.07) is -0.0529. The van der Waals surface area contributed by atoms with Gasteiger partial charge in [-0.15, -0.1) is 0 Å². The summed E-state index contributed by atoms with van der Waals surface area (Å²) in [6.07, 6.45) is 6.24. The molecule has 1 amide bonds. The van der Waals surface area contributed by atoms with Gasteiger partial charge in [-0.25, -0.2) is 0 Å². The van der Waals surface area contributed by atoms with E-state index in [1.54, 1.807) is 0 Å². The number of rotatable bonds is 4. The Balaban J connectivity index is 1.64. The minimum absolute atomic E-state index is 0.0529. The Morgan fingerprint density at radius 2 is 2.20 bits per heavy atom. The molecule has 0 aliphatic heterocycles. The molecule has 1 aromatic rings. The Bertz CT molecular complexity index is 539. The van der Waals surface area contributed by atoms with Crippen LogP contribution in [0.4, 0.5) is 5.69 Å². The van der Waals surface area contributed by atoms with E-state index in [0.717, 1.165) is 19.3 Å². The van der Waals surface area contributed by atoms with Gasteiger partial charge in [-0.2, -0.15) is 5.10 Å². The minimum Gasteiger partial charge on any atom is -0.480 e. The molecule has 1 aromatic heterocycles. The highest BCUT2D eigenvalue weighted by Gasteiger charge is 2.49. The lowest BCUT2D eigenvalue weighted by molar-refractivity contribution is -0.137. The summed E-state index contributed by atoms with van der Waals surface area (Å²) in [5.41, 5.74) is 6.65. The number of fused-ring (bicyclic) bond motifs is 2. The van der Waals surface area contributed by atoms with Gasteiger partial charge in [0.25, 0.3) is 0 Å². The number of hydrogen-bond donors (Lipinski definition) is 3. The molecular weight excluding hydrogens is 260 g/mol. The largest absolute Gasteiger partial charge is 0.480 e. The number of anilines is 1. The highest BCUT2D eigenvalue weighted by atomic mass is 16.4. The van der Waals surface area contributed by atoms with Gasteiger partial charge in [0.1, 0.15) is 6.54 Å². The van der Waals surface area contributed by atoms with Gasteiger partial charge in [-0.3, -0.25) is 14.3 Å². The first-order chi connectivity index (χ1) is 9.54. The standard InChI is InChI=1S/C13H18N4O3/c14-12-8-2-1-7(3-8)11(12)13(20)16-9-4-15-17(5-9)6-10(18)19/h4-5,7-8,11-12H,1-3,6,14H2,(H,16,20)(H,18,19). The lowest BCUT2D eigenvalue weighted by atomic mass is 9.84. The molecule has 2 fully saturated rings. The summed E-state index contributed by atoms with van der Waals surface area (Å²) >= 11 is 0. The summed E-state index contributed by atoms with van der Waals surface area (Å²) in [4.78, 5) is 22.9. The van der Waals surface area contributed by atoms with E-state index in [1.165, 1.54) is 17.1 Å². The normalized spacial score (nSPS) is 31.4. The molecule has 0 aromatic carbocycles. The van der Waals surface area contributed by atoms with Gasteiger partial charge in [0.05, 0.1) is 17.8 Å². The molecule has 1 heterocycles. The fraction of sp³-hybridized carbons (Fsp3) is 0.615. The van der Waals surface area contributed by atoms with Gasteiger partial charge >= 0.3 is 5.97 Å². The van der Waals surface area contributed by atoms with Crippen LogP contribution in [0.15, 0.2) is 12.4 Å². The second-order valence-electron chi connectivity index (χ2n) is 5.75. The van der Waals surface area contributed by atoms with Crippen molar-refractivity contribution in [2.45, 2.75) is 31.8 Å². The zero-order chi connectivity index (χ0) is 14.3. The summed E-state index contributed by atoms with van der Waals surface area (Å²) in [7, 11) is 0. The number of nitrogens with two attached hydrogens (primary N) is 1. The van der Waals surface area contributed by atoms with Gasteiger partial charge in [0, 0.05) is 12.2 Å². The smallest absolute Gasteiger partial charge is 0.325 e. The lowest BCUT2D eigenvalue weighted by Gasteiger charge is -2.26. The third-order valence-electron chi connectivity index (χ3n) is 4.48. The molecule has 4 unspecified atom stereocenters. The fourth-order valence-corrected chi connectivity index (χ4v) is 3.60. The lowest BCUT2D eigenvalue weighted by Crippen LogP contribution is -2.42. The monoisotopic (exact) mass is 278 g/mol. The minimum atomic E-state index is -0.971. The molecule has 7 nitrogen and oxygen atoms in total. The van der Waals surface area contributed by atoms with E-state index in [9.17, 15) is 9.59 Å². The second kappa shape index (κ2) is 4.90. The molecular formula is C13H18N4O3. The highest BCUT2D eigenvalue weighted by Crippen LogP contribution is 2.47. The molecule has 2 saturated carbocycles. The van der Waals surface area contributed by atoms with Crippen molar-refractivity contribution in [3.05, 3.63) is 12.4 Å². The number of amides is 1. The molecule has 0 saturated heterocycles. The van der Waals surface area contributed by atoms with E-state index >= 15 is 0 Å². The number of nitrogens with zero attached hydrogens (tertiary/aromatic N) is 2. The van der Waals surface area contributed by atoms with Crippen LogP contribution in [0.5, 0.6) is 0 Å². The van der Waals surface area contributed by atoms with Crippen molar-refractivity contribution in [2.75, 3.05) is 5.32 Å². The fourth-order valence-electron chi connectivity index (χ4n) is 3.60. The predicted molar refractivity (Wildman–Crippen MR) is 70.8 cm³/mol. The molecule has 0 radical (unpaired) electrons. The SMILES string of the molecule is NC1C2CCC(C2)C1C(=O)Nc1cnn(CC(=O)O)c1. The van der Waals surface area contributed by atoms with Crippen LogP contribution in [0.1, 0.15) is 19.3 Å².